The fourth-order valence-corrected chi connectivity index (χ4v) is 1.95. The van der Waals surface area contributed by atoms with E-state index in [1.54, 1.807) is 36.5 Å². The molecule has 0 aliphatic heterocycles. The second-order valence-electron chi connectivity index (χ2n) is 4.14. The maximum absolute atomic E-state index is 12.0. The summed E-state index contributed by atoms with van der Waals surface area (Å²) in [4.78, 5) is 26.3. The molecule has 1 aromatic heterocycles. The number of nitrogens with zero attached hydrogens (tertiary/aromatic N) is 1. The van der Waals surface area contributed by atoms with Gasteiger partial charge in [0.2, 0.25) is 0 Å². The smallest absolute Gasteiger partial charge is 0.328 e. The Labute approximate surface area is 129 Å². The summed E-state index contributed by atoms with van der Waals surface area (Å²) >= 11 is 3.26. The second kappa shape index (κ2) is 6.81. The fraction of sp³-hybridized carbons (Fsp3) is 0. The van der Waals surface area contributed by atoms with Crippen LogP contribution < -0.4 is 5.32 Å². The van der Waals surface area contributed by atoms with Gasteiger partial charge in [0.15, 0.2) is 0 Å². The number of halogens is 1. The topological polar surface area (TPSA) is 79.3 Å². The molecule has 0 fully saturated rings. The van der Waals surface area contributed by atoms with Gasteiger partial charge in [-0.2, -0.15) is 0 Å². The molecule has 0 saturated carbocycles. The normalized spacial score (nSPS) is 10.5. The van der Waals surface area contributed by atoms with Gasteiger partial charge in [0.05, 0.1) is 5.56 Å². The fourth-order valence-electron chi connectivity index (χ4n) is 1.58. The molecule has 0 bridgehead atoms. The lowest BCUT2D eigenvalue weighted by Crippen LogP contribution is -2.12. The van der Waals surface area contributed by atoms with Gasteiger partial charge in [-0.1, -0.05) is 12.1 Å². The monoisotopic (exact) mass is 346 g/mol. The Morgan fingerprint density at radius 3 is 2.52 bits per heavy atom. The molecule has 106 valence electrons. The highest BCUT2D eigenvalue weighted by Crippen LogP contribution is 2.14. The Hall–Kier alpha value is -2.47. The first-order chi connectivity index (χ1) is 10.0. The van der Waals surface area contributed by atoms with Gasteiger partial charge < -0.3 is 10.4 Å². The van der Waals surface area contributed by atoms with E-state index in [0.717, 1.165) is 16.1 Å². The van der Waals surface area contributed by atoms with Crippen LogP contribution in [0.1, 0.15) is 15.9 Å². The van der Waals surface area contributed by atoms with Crippen LogP contribution in [0.25, 0.3) is 6.08 Å². The first kappa shape index (κ1) is 14.9. The Morgan fingerprint density at radius 1 is 1.19 bits per heavy atom. The highest BCUT2D eigenvalue weighted by Gasteiger charge is 2.06. The minimum atomic E-state index is -1.01. The van der Waals surface area contributed by atoms with Crippen LogP contribution in [-0.2, 0) is 4.79 Å². The molecule has 1 amide bonds. The van der Waals surface area contributed by atoms with Crippen LogP contribution in [-0.4, -0.2) is 22.0 Å². The summed E-state index contributed by atoms with van der Waals surface area (Å²) in [5.41, 5.74) is 1.80. The summed E-state index contributed by atoms with van der Waals surface area (Å²) in [5, 5.41) is 11.3. The molecule has 2 N–H and O–H groups in total. The number of anilines is 1. The maximum atomic E-state index is 12.0. The summed E-state index contributed by atoms with van der Waals surface area (Å²) in [6, 6.07) is 8.50. The van der Waals surface area contributed by atoms with Gasteiger partial charge >= 0.3 is 5.97 Å². The van der Waals surface area contributed by atoms with Crippen LogP contribution >= 0.6 is 15.9 Å². The highest BCUT2D eigenvalue weighted by atomic mass is 79.9. The van der Waals surface area contributed by atoms with E-state index < -0.39 is 5.97 Å². The van der Waals surface area contributed by atoms with Crippen LogP contribution in [0.2, 0.25) is 0 Å². The average molecular weight is 347 g/mol. The molecule has 1 heterocycles. The lowest BCUT2D eigenvalue weighted by molar-refractivity contribution is -0.131. The number of pyridine rings is 1. The van der Waals surface area contributed by atoms with Crippen LogP contribution in [0, 0.1) is 0 Å². The van der Waals surface area contributed by atoms with Gasteiger partial charge in [-0.3, -0.25) is 9.78 Å². The average Bonchev–Trinajstić information content (AvgIpc) is 2.46. The SMILES string of the molecule is O=C(O)/C=C/c1ccc(NC(=O)c2cncc(Br)c2)cc1. The summed E-state index contributed by atoms with van der Waals surface area (Å²) < 4.78 is 0.726. The molecule has 0 aliphatic rings. The number of benzene rings is 1. The predicted octanol–water partition coefficient (Wildman–Crippen LogP) is 3.19. The van der Waals surface area contributed by atoms with Crippen LogP contribution in [0.4, 0.5) is 5.69 Å². The number of rotatable bonds is 4. The van der Waals surface area contributed by atoms with Crippen molar-refractivity contribution in [2.75, 3.05) is 5.32 Å². The molecular weight excluding hydrogens is 336 g/mol. The number of carbonyl (C=O) groups excluding carboxylic acids is 1. The minimum absolute atomic E-state index is 0.266. The first-order valence-corrected chi connectivity index (χ1v) is 6.77. The summed E-state index contributed by atoms with van der Waals surface area (Å²) in [6.45, 7) is 0. The number of carbonyl (C=O) groups is 2. The number of carboxylic acid groups (broad SMARTS) is 1. The predicted molar refractivity (Wildman–Crippen MR) is 83.0 cm³/mol. The molecule has 0 saturated heterocycles. The summed E-state index contributed by atoms with van der Waals surface area (Å²) in [5.74, 6) is -1.27. The number of aliphatic carboxylic acids is 1. The van der Waals surface area contributed by atoms with Crippen molar-refractivity contribution in [3.63, 3.8) is 0 Å². The number of nitrogens with one attached hydrogen (secondary N) is 1. The van der Waals surface area contributed by atoms with Crippen LogP contribution in [0.5, 0.6) is 0 Å². The molecule has 2 rings (SSSR count). The van der Waals surface area contributed by atoms with Crippen molar-refractivity contribution >= 4 is 39.6 Å². The molecular formula is C15H11BrN2O3. The molecule has 0 unspecified atom stereocenters. The summed E-state index contributed by atoms with van der Waals surface area (Å²) in [7, 11) is 0. The van der Waals surface area contributed by atoms with Crippen molar-refractivity contribution < 1.29 is 14.7 Å². The molecule has 0 aliphatic carbocycles. The largest absolute Gasteiger partial charge is 0.478 e. The molecule has 2 aromatic rings. The Morgan fingerprint density at radius 2 is 1.90 bits per heavy atom. The molecule has 0 atom stereocenters. The summed E-state index contributed by atoms with van der Waals surface area (Å²) in [6.07, 6.45) is 5.61. The van der Waals surface area contributed by atoms with Crippen molar-refractivity contribution in [1.29, 1.82) is 0 Å². The van der Waals surface area contributed by atoms with Crippen molar-refractivity contribution in [2.45, 2.75) is 0 Å². The number of carboxylic acids is 1. The van der Waals surface area contributed by atoms with Crippen LogP contribution in [0.3, 0.4) is 0 Å². The van der Waals surface area contributed by atoms with Gasteiger partial charge in [0.1, 0.15) is 0 Å². The Balaban J connectivity index is 2.06. The zero-order valence-corrected chi connectivity index (χ0v) is 12.4. The van der Waals surface area contributed by atoms with Crippen LogP contribution in [0.15, 0.2) is 53.3 Å². The van der Waals surface area contributed by atoms with E-state index in [-0.39, 0.29) is 5.91 Å². The minimum Gasteiger partial charge on any atom is -0.478 e. The van der Waals surface area contributed by atoms with E-state index in [9.17, 15) is 9.59 Å². The van der Waals surface area contributed by atoms with Gasteiger partial charge in [-0.05, 0) is 45.8 Å². The molecule has 6 heteroatoms. The van der Waals surface area contributed by atoms with Gasteiger partial charge in [0, 0.05) is 28.6 Å². The lowest BCUT2D eigenvalue weighted by atomic mass is 10.2. The van der Waals surface area contributed by atoms with Gasteiger partial charge in [-0.25, -0.2) is 4.79 Å². The lowest BCUT2D eigenvalue weighted by Gasteiger charge is -2.05. The third kappa shape index (κ3) is 4.54. The molecule has 0 spiro atoms. The number of hydrogen-bond acceptors (Lipinski definition) is 3. The van der Waals surface area contributed by atoms with E-state index in [0.29, 0.717) is 11.3 Å². The molecule has 21 heavy (non-hydrogen) atoms. The molecule has 1 aromatic carbocycles. The van der Waals surface area contributed by atoms with Crippen molar-refractivity contribution in [3.8, 4) is 0 Å². The Bertz CT molecular complexity index is 696. The van der Waals surface area contributed by atoms with E-state index in [2.05, 4.69) is 26.2 Å². The zero-order chi connectivity index (χ0) is 15.2. The van der Waals surface area contributed by atoms with Crippen molar-refractivity contribution in [2.24, 2.45) is 0 Å². The first-order valence-electron chi connectivity index (χ1n) is 5.97. The van der Waals surface area contributed by atoms with Gasteiger partial charge in [-0.15, -0.1) is 0 Å². The highest BCUT2D eigenvalue weighted by molar-refractivity contribution is 9.10. The number of hydrogen-bond donors (Lipinski definition) is 2. The molecule has 5 nitrogen and oxygen atoms in total. The quantitative estimate of drug-likeness (QED) is 0.833. The second-order valence-corrected chi connectivity index (χ2v) is 5.06. The third-order valence-electron chi connectivity index (χ3n) is 2.55. The number of aromatic nitrogens is 1. The maximum Gasteiger partial charge on any atom is 0.328 e. The van der Waals surface area contributed by atoms with Crippen molar-refractivity contribution in [3.05, 3.63) is 64.4 Å². The van der Waals surface area contributed by atoms with E-state index in [1.807, 2.05) is 0 Å². The number of amides is 1. The van der Waals surface area contributed by atoms with E-state index in [1.165, 1.54) is 12.3 Å². The van der Waals surface area contributed by atoms with E-state index >= 15 is 0 Å². The Kier molecular flexibility index (Phi) is 4.84. The standard InChI is InChI=1S/C15H11BrN2O3/c16-12-7-11(8-17-9-12)15(21)18-13-4-1-10(2-5-13)3-6-14(19)20/h1-9H,(H,18,21)(H,19,20)/b6-3+. The molecule has 0 radical (unpaired) electrons. The van der Waals surface area contributed by atoms with E-state index in [4.69, 9.17) is 5.11 Å². The third-order valence-corrected chi connectivity index (χ3v) is 2.99. The van der Waals surface area contributed by atoms with Gasteiger partial charge in [0.25, 0.3) is 5.91 Å². The van der Waals surface area contributed by atoms with Crippen molar-refractivity contribution in [1.82, 2.24) is 4.98 Å². The zero-order valence-electron chi connectivity index (χ0n) is 10.8.